The third-order valence-corrected chi connectivity index (χ3v) is 9.59. The molecule has 0 saturated carbocycles. The monoisotopic (exact) mass is 746 g/mol. The number of carbonyl (C=O) groups excluding carboxylic acids is 1. The first-order valence-corrected chi connectivity index (χ1v) is 18.8. The minimum atomic E-state index is -0.413. The number of ether oxygens (including phenoxy) is 5. The van der Waals surface area contributed by atoms with Gasteiger partial charge in [-0.2, -0.15) is 0 Å². The van der Waals surface area contributed by atoms with Crippen molar-refractivity contribution >= 4 is 5.97 Å². The zero-order chi connectivity index (χ0) is 39.0. The lowest BCUT2D eigenvalue weighted by Crippen LogP contribution is -2.25. The van der Waals surface area contributed by atoms with Gasteiger partial charge in [-0.3, -0.25) is 0 Å². The van der Waals surface area contributed by atoms with E-state index < -0.39 is 5.97 Å². The van der Waals surface area contributed by atoms with Crippen LogP contribution in [0, 0.1) is 11.6 Å². The van der Waals surface area contributed by atoms with Crippen LogP contribution in [0.25, 0.3) is 22.3 Å². The van der Waals surface area contributed by atoms with E-state index in [-0.39, 0.29) is 43.1 Å². The van der Waals surface area contributed by atoms with E-state index in [1.54, 1.807) is 42.5 Å². The summed E-state index contributed by atoms with van der Waals surface area (Å²) in [5.41, 5.74) is 5.14. The molecule has 1 N–H and O–H groups in total. The fourth-order valence-corrected chi connectivity index (χ4v) is 6.67. The van der Waals surface area contributed by atoms with Crippen LogP contribution in [0.15, 0.2) is 72.8 Å². The van der Waals surface area contributed by atoms with Crippen LogP contribution in [-0.2, 0) is 31.6 Å². The third-order valence-electron chi connectivity index (χ3n) is 9.59. The molecule has 0 aliphatic carbocycles. The summed E-state index contributed by atoms with van der Waals surface area (Å²) in [4.78, 5) is 12.0. The molecule has 2 unspecified atom stereocenters. The Bertz CT molecular complexity index is 1890. The fourth-order valence-electron chi connectivity index (χ4n) is 6.67. The molecule has 2 aliphatic heterocycles. The minimum absolute atomic E-state index is 0. The average Bonchev–Trinajstić information content (AvgIpc) is 3.16. The van der Waals surface area contributed by atoms with Gasteiger partial charge in [-0.15, -0.1) is 0 Å². The van der Waals surface area contributed by atoms with Crippen LogP contribution >= 0.6 is 0 Å². The van der Waals surface area contributed by atoms with Gasteiger partial charge in [0.05, 0.1) is 32.5 Å². The van der Waals surface area contributed by atoms with Gasteiger partial charge in [0.2, 0.25) is 0 Å². The molecule has 2 saturated heterocycles. The van der Waals surface area contributed by atoms with Gasteiger partial charge in [0, 0.05) is 25.4 Å². The quantitative estimate of drug-likeness (QED) is 0.180. The predicted molar refractivity (Wildman–Crippen MR) is 209 cm³/mol. The van der Waals surface area contributed by atoms with Crippen LogP contribution in [0.5, 0.6) is 11.5 Å². The zero-order valence-corrected chi connectivity index (χ0v) is 32.6. The molecule has 0 radical (unpaired) electrons. The first-order chi connectivity index (χ1) is 25.7. The predicted octanol–water partition coefficient (Wildman–Crippen LogP) is 10.9. The van der Waals surface area contributed by atoms with Crippen molar-refractivity contribution < 1.29 is 43.8 Å². The summed E-state index contributed by atoms with van der Waals surface area (Å²) in [5, 5.41) is 9.46. The largest absolute Gasteiger partial charge is 0.465 e. The first kappa shape index (κ1) is 40.9. The molecule has 2 atom stereocenters. The van der Waals surface area contributed by atoms with E-state index in [1.807, 2.05) is 39.0 Å². The van der Waals surface area contributed by atoms with Gasteiger partial charge < -0.3 is 28.8 Å². The lowest BCUT2D eigenvalue weighted by Gasteiger charge is -2.25. The Morgan fingerprint density at radius 2 is 1.17 bits per heavy atom. The standard InChI is InChI=1S/C23H27FO4.C22H27FO3.H2/c1-23(2,3)19-13-15(22(25)26-4)8-10-17(19)18-14-16(9-11-20(18)24)28-21-7-5-6-12-27-21;1-22(2,3)19-12-15(14-24)7-9-17(19)18-13-16(8-10-20(18)23)26-21-6-4-5-11-25-21;/h8-11,13-14,21H,5-7,12H2,1-4H3;7-10,12-13,21,24H,4-6,11,14H2,1-3H3;1H. The molecule has 0 aromatic heterocycles. The number of hydrogen-bond donors (Lipinski definition) is 1. The van der Waals surface area contributed by atoms with E-state index in [9.17, 15) is 18.7 Å². The van der Waals surface area contributed by atoms with Crippen molar-refractivity contribution in [2.45, 2.75) is 110 Å². The highest BCUT2D eigenvalue weighted by molar-refractivity contribution is 5.91. The number of halogens is 2. The number of aliphatic hydroxyl groups is 1. The lowest BCUT2D eigenvalue weighted by molar-refractivity contribution is -0.106. The van der Waals surface area contributed by atoms with Crippen LogP contribution in [0.4, 0.5) is 8.78 Å². The molecule has 2 heterocycles. The summed E-state index contributed by atoms with van der Waals surface area (Å²) in [6, 6.07) is 20.4. The molecule has 2 fully saturated rings. The van der Waals surface area contributed by atoms with Gasteiger partial charge in [0.1, 0.15) is 23.1 Å². The molecule has 0 amide bonds. The molecule has 54 heavy (non-hydrogen) atoms. The number of rotatable bonds is 8. The van der Waals surface area contributed by atoms with E-state index in [4.69, 9.17) is 23.7 Å². The highest BCUT2D eigenvalue weighted by Gasteiger charge is 2.25. The van der Waals surface area contributed by atoms with E-state index in [1.165, 1.54) is 19.2 Å². The number of esters is 1. The number of hydrogen-bond acceptors (Lipinski definition) is 7. The molecule has 2 aliphatic rings. The summed E-state index contributed by atoms with van der Waals surface area (Å²) >= 11 is 0. The van der Waals surface area contributed by atoms with Crippen LogP contribution in [-0.4, -0.2) is 44.0 Å². The molecule has 4 aromatic carbocycles. The van der Waals surface area contributed by atoms with E-state index >= 15 is 0 Å². The smallest absolute Gasteiger partial charge is 0.337 e. The maximum Gasteiger partial charge on any atom is 0.337 e. The summed E-state index contributed by atoms with van der Waals surface area (Å²) < 4.78 is 57.3. The second-order valence-electron chi connectivity index (χ2n) is 15.9. The summed E-state index contributed by atoms with van der Waals surface area (Å²) in [6.45, 7) is 13.7. The van der Waals surface area contributed by atoms with Crippen molar-refractivity contribution in [1.29, 1.82) is 0 Å². The highest BCUT2D eigenvalue weighted by atomic mass is 19.1. The maximum atomic E-state index is 14.7. The number of benzene rings is 4. The van der Waals surface area contributed by atoms with Crippen molar-refractivity contribution in [2.24, 2.45) is 0 Å². The van der Waals surface area contributed by atoms with Crippen molar-refractivity contribution in [2.75, 3.05) is 20.3 Å². The lowest BCUT2D eigenvalue weighted by atomic mass is 9.81. The number of methoxy groups -OCH3 is 1. The Morgan fingerprint density at radius 1 is 0.685 bits per heavy atom. The van der Waals surface area contributed by atoms with Gasteiger partial charge in [-0.25, -0.2) is 13.6 Å². The van der Waals surface area contributed by atoms with E-state index in [0.29, 0.717) is 41.4 Å². The second-order valence-corrected chi connectivity index (χ2v) is 15.9. The highest BCUT2D eigenvalue weighted by Crippen LogP contribution is 2.39. The SMILES string of the molecule is CC(C)(C)c1cc(CO)ccc1-c1cc(OC2CCCCO2)ccc1F.COC(=O)c1ccc(-c2cc(OC3CCCCO3)ccc2F)c(C(C)(C)C)c1.[HH]. The fraction of sp³-hybridized carbons (Fsp3) is 0.444. The first-order valence-electron chi connectivity index (χ1n) is 18.8. The van der Waals surface area contributed by atoms with Crippen molar-refractivity contribution in [3.05, 3.63) is 107 Å². The Kier molecular flexibility index (Phi) is 13.5. The maximum absolute atomic E-state index is 14.7. The van der Waals surface area contributed by atoms with Gasteiger partial charge in [-0.1, -0.05) is 65.8 Å². The normalized spacial score (nSPS) is 17.6. The summed E-state index contributed by atoms with van der Waals surface area (Å²) in [5.74, 6) is 0.140. The number of carbonyl (C=O) groups is 1. The van der Waals surface area contributed by atoms with E-state index in [0.717, 1.165) is 66.3 Å². The Hall–Kier alpha value is -4.31. The molecular formula is C45H56F2O7. The minimum Gasteiger partial charge on any atom is -0.465 e. The topological polar surface area (TPSA) is 83.5 Å². The molecule has 0 spiro atoms. The Balaban J connectivity index is 0.000000241. The average molecular weight is 747 g/mol. The van der Waals surface area contributed by atoms with Crippen LogP contribution in [0.3, 0.4) is 0 Å². The van der Waals surface area contributed by atoms with Crippen molar-refractivity contribution in [3.63, 3.8) is 0 Å². The van der Waals surface area contributed by atoms with Crippen LogP contribution in [0.1, 0.15) is 109 Å². The molecule has 9 heteroatoms. The number of aliphatic hydroxyl groups excluding tert-OH is 1. The van der Waals surface area contributed by atoms with Crippen LogP contribution in [0.2, 0.25) is 0 Å². The van der Waals surface area contributed by atoms with Crippen LogP contribution < -0.4 is 9.47 Å². The Morgan fingerprint density at radius 3 is 1.59 bits per heavy atom. The second kappa shape index (κ2) is 17.9. The molecule has 6 rings (SSSR count). The zero-order valence-electron chi connectivity index (χ0n) is 32.6. The molecule has 7 nitrogen and oxygen atoms in total. The van der Waals surface area contributed by atoms with Crippen molar-refractivity contribution in [1.82, 2.24) is 0 Å². The Labute approximate surface area is 320 Å². The molecule has 4 aromatic rings. The van der Waals surface area contributed by atoms with Gasteiger partial charge >= 0.3 is 5.97 Å². The molecule has 0 bridgehead atoms. The summed E-state index contributed by atoms with van der Waals surface area (Å²) in [6.07, 6.45) is 5.35. The molecule has 292 valence electrons. The molecular weight excluding hydrogens is 690 g/mol. The van der Waals surface area contributed by atoms with Gasteiger partial charge in [-0.05, 0) is 113 Å². The summed E-state index contributed by atoms with van der Waals surface area (Å²) in [7, 11) is 1.35. The van der Waals surface area contributed by atoms with E-state index in [2.05, 4.69) is 20.8 Å². The third kappa shape index (κ3) is 10.5. The van der Waals surface area contributed by atoms with Crippen molar-refractivity contribution in [3.8, 4) is 33.8 Å². The van der Waals surface area contributed by atoms with Gasteiger partial charge in [0.25, 0.3) is 0 Å². The van der Waals surface area contributed by atoms with Gasteiger partial charge in [0.15, 0.2) is 12.6 Å².